The Bertz CT molecular complexity index is 513. The lowest BCUT2D eigenvalue weighted by atomic mass is 10.2. The SMILES string of the molecule is CCNCc1ccc(N(C)Cc2cscn2)c(Cl)c1. The standard InChI is InChI=1S/C14H18ClN3S/c1-3-16-7-11-4-5-14(13(15)6-11)18(2)8-12-9-19-10-17-12/h4-6,9-10,16H,3,7-8H2,1-2H3. The van der Waals surface area contributed by atoms with Gasteiger partial charge in [0.25, 0.3) is 0 Å². The number of nitrogens with zero attached hydrogens (tertiary/aromatic N) is 2. The van der Waals surface area contributed by atoms with E-state index in [9.17, 15) is 0 Å². The quantitative estimate of drug-likeness (QED) is 0.883. The van der Waals surface area contributed by atoms with Crippen LogP contribution in [0.25, 0.3) is 0 Å². The van der Waals surface area contributed by atoms with Crippen LogP contribution in [0, 0.1) is 0 Å². The molecule has 19 heavy (non-hydrogen) atoms. The van der Waals surface area contributed by atoms with Crippen molar-refractivity contribution in [2.75, 3.05) is 18.5 Å². The summed E-state index contributed by atoms with van der Waals surface area (Å²) in [5.41, 5.74) is 5.16. The summed E-state index contributed by atoms with van der Waals surface area (Å²) in [6, 6.07) is 6.21. The van der Waals surface area contributed by atoms with E-state index in [0.717, 1.165) is 36.0 Å². The Kier molecular flexibility index (Phi) is 5.19. The molecule has 0 unspecified atom stereocenters. The average molecular weight is 296 g/mol. The lowest BCUT2D eigenvalue weighted by molar-refractivity contribution is 0.726. The highest BCUT2D eigenvalue weighted by atomic mass is 35.5. The minimum atomic E-state index is 0.774. The van der Waals surface area contributed by atoms with Crippen LogP contribution >= 0.6 is 22.9 Å². The highest BCUT2D eigenvalue weighted by molar-refractivity contribution is 7.07. The van der Waals surface area contributed by atoms with Crippen LogP contribution in [-0.4, -0.2) is 18.6 Å². The summed E-state index contributed by atoms with van der Waals surface area (Å²) in [5.74, 6) is 0. The molecule has 0 amide bonds. The molecule has 0 fully saturated rings. The molecule has 0 spiro atoms. The van der Waals surface area contributed by atoms with Crippen LogP contribution in [0.3, 0.4) is 0 Å². The van der Waals surface area contributed by atoms with E-state index in [-0.39, 0.29) is 0 Å². The zero-order chi connectivity index (χ0) is 13.7. The van der Waals surface area contributed by atoms with Crippen LogP contribution in [0.2, 0.25) is 5.02 Å². The molecule has 0 aliphatic carbocycles. The third kappa shape index (κ3) is 3.93. The van der Waals surface area contributed by atoms with E-state index in [1.807, 2.05) is 18.6 Å². The first-order chi connectivity index (χ1) is 9.20. The number of hydrogen-bond acceptors (Lipinski definition) is 4. The maximum Gasteiger partial charge on any atom is 0.0795 e. The van der Waals surface area contributed by atoms with Gasteiger partial charge in [-0.05, 0) is 24.2 Å². The molecule has 0 saturated heterocycles. The van der Waals surface area contributed by atoms with Crippen LogP contribution in [0.5, 0.6) is 0 Å². The molecule has 0 radical (unpaired) electrons. The van der Waals surface area contributed by atoms with Crippen molar-refractivity contribution >= 4 is 28.6 Å². The largest absolute Gasteiger partial charge is 0.367 e. The number of hydrogen-bond donors (Lipinski definition) is 1. The second kappa shape index (κ2) is 6.89. The average Bonchev–Trinajstić information content (AvgIpc) is 2.89. The molecular weight excluding hydrogens is 278 g/mol. The molecule has 0 aliphatic heterocycles. The normalized spacial score (nSPS) is 10.7. The topological polar surface area (TPSA) is 28.2 Å². The van der Waals surface area contributed by atoms with Gasteiger partial charge in [-0.25, -0.2) is 4.98 Å². The lowest BCUT2D eigenvalue weighted by Gasteiger charge is -2.20. The molecule has 0 bridgehead atoms. The monoisotopic (exact) mass is 295 g/mol. The van der Waals surface area contributed by atoms with E-state index in [4.69, 9.17) is 11.6 Å². The number of halogens is 1. The zero-order valence-corrected chi connectivity index (χ0v) is 12.8. The first kappa shape index (κ1) is 14.3. The van der Waals surface area contributed by atoms with E-state index >= 15 is 0 Å². The fourth-order valence-electron chi connectivity index (χ4n) is 1.88. The number of nitrogens with one attached hydrogen (secondary N) is 1. The van der Waals surface area contributed by atoms with Crippen molar-refractivity contribution in [1.29, 1.82) is 0 Å². The van der Waals surface area contributed by atoms with E-state index in [1.54, 1.807) is 11.3 Å². The fourth-order valence-corrected chi connectivity index (χ4v) is 2.78. The van der Waals surface area contributed by atoms with Gasteiger partial charge >= 0.3 is 0 Å². The Balaban J connectivity index is 2.07. The van der Waals surface area contributed by atoms with Gasteiger partial charge in [-0.1, -0.05) is 24.6 Å². The first-order valence-corrected chi connectivity index (χ1v) is 7.60. The summed E-state index contributed by atoms with van der Waals surface area (Å²) >= 11 is 7.97. The van der Waals surface area contributed by atoms with Crippen molar-refractivity contribution in [3.05, 3.63) is 45.4 Å². The number of benzene rings is 1. The van der Waals surface area contributed by atoms with Gasteiger partial charge in [0.05, 0.1) is 28.5 Å². The highest BCUT2D eigenvalue weighted by Crippen LogP contribution is 2.27. The van der Waals surface area contributed by atoms with Crippen molar-refractivity contribution in [3.63, 3.8) is 0 Å². The van der Waals surface area contributed by atoms with Gasteiger partial charge in [0.1, 0.15) is 0 Å². The van der Waals surface area contributed by atoms with E-state index < -0.39 is 0 Å². The summed E-state index contributed by atoms with van der Waals surface area (Å²) in [6.45, 7) is 4.68. The van der Waals surface area contributed by atoms with Crippen LogP contribution in [-0.2, 0) is 13.1 Å². The van der Waals surface area contributed by atoms with Crippen LogP contribution in [0.1, 0.15) is 18.2 Å². The predicted octanol–water partition coefficient (Wildman–Crippen LogP) is 3.54. The highest BCUT2D eigenvalue weighted by Gasteiger charge is 2.08. The van der Waals surface area contributed by atoms with Crippen molar-refractivity contribution in [2.45, 2.75) is 20.0 Å². The molecule has 1 aromatic carbocycles. The summed E-state index contributed by atoms with van der Waals surface area (Å²) < 4.78 is 0. The van der Waals surface area contributed by atoms with Crippen LogP contribution in [0.15, 0.2) is 29.1 Å². The van der Waals surface area contributed by atoms with E-state index in [1.165, 1.54) is 5.56 Å². The molecule has 0 saturated carbocycles. The van der Waals surface area contributed by atoms with Gasteiger partial charge < -0.3 is 10.2 Å². The summed E-state index contributed by atoms with van der Waals surface area (Å²) in [5, 5.41) is 6.14. The summed E-state index contributed by atoms with van der Waals surface area (Å²) in [6.07, 6.45) is 0. The number of rotatable bonds is 6. The summed E-state index contributed by atoms with van der Waals surface area (Å²) in [7, 11) is 2.03. The Hall–Kier alpha value is -1.10. The van der Waals surface area contributed by atoms with Gasteiger partial charge in [-0.2, -0.15) is 0 Å². The Morgan fingerprint density at radius 1 is 1.42 bits per heavy atom. The molecule has 5 heteroatoms. The van der Waals surface area contributed by atoms with E-state index in [0.29, 0.717) is 0 Å². The lowest BCUT2D eigenvalue weighted by Crippen LogP contribution is -2.17. The van der Waals surface area contributed by atoms with Gasteiger partial charge in [0.2, 0.25) is 0 Å². The smallest absolute Gasteiger partial charge is 0.0795 e. The minimum Gasteiger partial charge on any atom is -0.367 e. The van der Waals surface area contributed by atoms with Crippen molar-refractivity contribution in [2.24, 2.45) is 0 Å². The maximum atomic E-state index is 6.36. The zero-order valence-electron chi connectivity index (χ0n) is 11.2. The molecular formula is C14H18ClN3S. The van der Waals surface area contributed by atoms with Gasteiger partial charge in [-0.3, -0.25) is 0 Å². The number of thiazole rings is 1. The van der Waals surface area contributed by atoms with Gasteiger partial charge in [0, 0.05) is 19.0 Å². The molecule has 1 N–H and O–H groups in total. The van der Waals surface area contributed by atoms with Gasteiger partial charge in [-0.15, -0.1) is 11.3 Å². The molecule has 1 aromatic heterocycles. The molecule has 1 heterocycles. The second-order valence-corrected chi connectivity index (χ2v) is 5.53. The Morgan fingerprint density at radius 2 is 2.26 bits per heavy atom. The minimum absolute atomic E-state index is 0.774. The summed E-state index contributed by atoms with van der Waals surface area (Å²) in [4.78, 5) is 6.41. The Labute approximate surface area is 123 Å². The van der Waals surface area contributed by atoms with Crippen LogP contribution in [0.4, 0.5) is 5.69 Å². The van der Waals surface area contributed by atoms with E-state index in [2.05, 4.69) is 39.6 Å². The third-order valence-corrected chi connectivity index (χ3v) is 3.82. The fraction of sp³-hybridized carbons (Fsp3) is 0.357. The first-order valence-electron chi connectivity index (χ1n) is 6.28. The third-order valence-electron chi connectivity index (χ3n) is 2.89. The number of anilines is 1. The molecule has 2 aromatic rings. The molecule has 3 nitrogen and oxygen atoms in total. The predicted molar refractivity (Wildman–Crippen MR) is 83.1 cm³/mol. The number of aromatic nitrogens is 1. The van der Waals surface area contributed by atoms with Crippen molar-refractivity contribution in [3.8, 4) is 0 Å². The van der Waals surface area contributed by atoms with Crippen molar-refractivity contribution in [1.82, 2.24) is 10.3 Å². The van der Waals surface area contributed by atoms with Crippen LogP contribution < -0.4 is 10.2 Å². The molecule has 0 atom stereocenters. The second-order valence-electron chi connectivity index (χ2n) is 4.40. The molecule has 2 rings (SSSR count). The maximum absolute atomic E-state index is 6.36. The van der Waals surface area contributed by atoms with Crippen molar-refractivity contribution < 1.29 is 0 Å². The molecule has 102 valence electrons. The van der Waals surface area contributed by atoms with Gasteiger partial charge in [0.15, 0.2) is 0 Å². The Morgan fingerprint density at radius 3 is 2.89 bits per heavy atom. The molecule has 0 aliphatic rings.